The number of carbonyl (C=O) groups excluding carboxylic acids is 3. The van der Waals surface area contributed by atoms with Crippen LogP contribution in [0, 0.1) is 18.6 Å². The van der Waals surface area contributed by atoms with Crippen LogP contribution in [-0.4, -0.2) is 29.3 Å². The summed E-state index contributed by atoms with van der Waals surface area (Å²) in [6.07, 6.45) is 0. The van der Waals surface area contributed by atoms with E-state index in [-0.39, 0.29) is 5.56 Å². The predicted octanol–water partition coefficient (Wildman–Crippen LogP) is 2.68. The fourth-order valence-corrected chi connectivity index (χ4v) is 2.91. The van der Waals surface area contributed by atoms with Gasteiger partial charge in [-0.3, -0.25) is 14.5 Å². The summed E-state index contributed by atoms with van der Waals surface area (Å²) < 4.78 is 26.7. The van der Waals surface area contributed by atoms with Gasteiger partial charge in [0.2, 0.25) is 5.91 Å². The lowest BCUT2D eigenvalue weighted by Gasteiger charge is -2.22. The molecule has 0 bridgehead atoms. The molecule has 6 nitrogen and oxygen atoms in total. The molecule has 1 saturated heterocycles. The molecule has 0 saturated carbocycles. The number of aryl methyl sites for hydroxylation is 1. The number of rotatable bonds is 4. The normalized spacial score (nSPS) is 19.2. The van der Waals surface area contributed by atoms with E-state index in [1.165, 1.54) is 13.0 Å². The topological polar surface area (TPSA) is 78.5 Å². The van der Waals surface area contributed by atoms with Crippen LogP contribution >= 0.6 is 0 Å². The van der Waals surface area contributed by atoms with E-state index < -0.39 is 41.6 Å². The molecule has 1 aliphatic heterocycles. The highest BCUT2D eigenvalue weighted by atomic mass is 19.2. The summed E-state index contributed by atoms with van der Waals surface area (Å²) in [6, 6.07) is 9.21. The maximum Gasteiger partial charge on any atom is 0.325 e. The molecular formula is C19H17F2N3O3. The maximum absolute atomic E-state index is 13.5. The number of amides is 4. The Kier molecular flexibility index (Phi) is 4.65. The Balaban J connectivity index is 1.77. The van der Waals surface area contributed by atoms with Crippen LogP contribution in [0.3, 0.4) is 0 Å². The van der Waals surface area contributed by atoms with Gasteiger partial charge in [-0.05, 0) is 49.2 Å². The molecule has 0 unspecified atom stereocenters. The van der Waals surface area contributed by atoms with Gasteiger partial charge in [0.1, 0.15) is 12.1 Å². The van der Waals surface area contributed by atoms with Crippen LogP contribution in [0.4, 0.5) is 19.3 Å². The van der Waals surface area contributed by atoms with Crippen LogP contribution in [-0.2, 0) is 15.1 Å². The molecule has 2 N–H and O–H groups in total. The molecule has 1 fully saturated rings. The third-order valence-corrected chi connectivity index (χ3v) is 4.38. The number of anilines is 1. The molecule has 2 aromatic carbocycles. The highest BCUT2D eigenvalue weighted by Crippen LogP contribution is 2.29. The lowest BCUT2D eigenvalue weighted by atomic mass is 9.92. The summed E-state index contributed by atoms with van der Waals surface area (Å²) in [5.74, 6) is -3.48. The molecule has 3 rings (SSSR count). The lowest BCUT2D eigenvalue weighted by molar-refractivity contribution is -0.133. The van der Waals surface area contributed by atoms with Gasteiger partial charge in [-0.1, -0.05) is 18.2 Å². The van der Waals surface area contributed by atoms with Crippen molar-refractivity contribution in [3.05, 3.63) is 65.2 Å². The molecule has 2 aromatic rings. The van der Waals surface area contributed by atoms with E-state index in [4.69, 9.17) is 0 Å². The molecular weight excluding hydrogens is 356 g/mol. The fraction of sp³-hybridized carbons (Fsp3) is 0.211. The first-order valence-electron chi connectivity index (χ1n) is 8.17. The van der Waals surface area contributed by atoms with Crippen molar-refractivity contribution in [2.24, 2.45) is 0 Å². The monoisotopic (exact) mass is 373 g/mol. The van der Waals surface area contributed by atoms with E-state index >= 15 is 0 Å². The molecule has 0 spiro atoms. The van der Waals surface area contributed by atoms with E-state index in [1.54, 1.807) is 18.2 Å². The van der Waals surface area contributed by atoms with Crippen molar-refractivity contribution < 1.29 is 23.2 Å². The number of imide groups is 1. The van der Waals surface area contributed by atoms with Crippen molar-refractivity contribution in [3.63, 3.8) is 0 Å². The third kappa shape index (κ3) is 3.51. The number of halogens is 2. The number of carbonyl (C=O) groups is 3. The summed E-state index contributed by atoms with van der Waals surface area (Å²) in [5.41, 5.74) is -0.0274. The highest BCUT2D eigenvalue weighted by Gasteiger charge is 2.49. The second kappa shape index (κ2) is 6.79. The van der Waals surface area contributed by atoms with Crippen LogP contribution in [0.1, 0.15) is 18.1 Å². The number of nitrogens with zero attached hydrogens (tertiary/aromatic N) is 1. The molecule has 0 radical (unpaired) electrons. The van der Waals surface area contributed by atoms with E-state index in [0.29, 0.717) is 5.69 Å². The third-order valence-electron chi connectivity index (χ3n) is 4.38. The zero-order chi connectivity index (χ0) is 19.8. The second-order valence-corrected chi connectivity index (χ2v) is 6.49. The molecule has 0 aliphatic carbocycles. The first-order chi connectivity index (χ1) is 12.7. The molecule has 1 aliphatic rings. The number of nitrogens with one attached hydrogen (secondary N) is 2. The van der Waals surface area contributed by atoms with Crippen molar-refractivity contribution in [1.29, 1.82) is 0 Å². The van der Waals surface area contributed by atoms with Crippen molar-refractivity contribution in [2.45, 2.75) is 19.4 Å². The summed E-state index contributed by atoms with van der Waals surface area (Å²) in [5, 5.41) is 5.05. The van der Waals surface area contributed by atoms with E-state index in [2.05, 4.69) is 10.6 Å². The van der Waals surface area contributed by atoms with Crippen molar-refractivity contribution in [1.82, 2.24) is 10.2 Å². The minimum absolute atomic E-state index is 0.0846. The van der Waals surface area contributed by atoms with Crippen LogP contribution in [0.15, 0.2) is 42.5 Å². The van der Waals surface area contributed by atoms with Gasteiger partial charge in [0, 0.05) is 5.69 Å². The Morgan fingerprint density at radius 3 is 2.56 bits per heavy atom. The van der Waals surface area contributed by atoms with Gasteiger partial charge in [-0.25, -0.2) is 13.6 Å². The maximum atomic E-state index is 13.5. The van der Waals surface area contributed by atoms with Gasteiger partial charge in [-0.2, -0.15) is 0 Å². The van der Waals surface area contributed by atoms with Gasteiger partial charge < -0.3 is 10.6 Å². The van der Waals surface area contributed by atoms with Crippen LogP contribution in [0.5, 0.6) is 0 Å². The van der Waals surface area contributed by atoms with Gasteiger partial charge in [0.15, 0.2) is 11.6 Å². The largest absolute Gasteiger partial charge is 0.325 e. The van der Waals surface area contributed by atoms with Crippen LogP contribution in [0.2, 0.25) is 0 Å². The van der Waals surface area contributed by atoms with E-state index in [9.17, 15) is 23.2 Å². The fourth-order valence-electron chi connectivity index (χ4n) is 2.91. The Bertz CT molecular complexity index is 948. The molecule has 0 aromatic heterocycles. The lowest BCUT2D eigenvalue weighted by Crippen LogP contribution is -2.42. The molecule has 1 heterocycles. The van der Waals surface area contributed by atoms with Crippen LogP contribution < -0.4 is 10.6 Å². The Morgan fingerprint density at radius 1 is 1.15 bits per heavy atom. The smallest absolute Gasteiger partial charge is 0.325 e. The summed E-state index contributed by atoms with van der Waals surface area (Å²) >= 11 is 0. The Hall–Kier alpha value is -3.29. The Labute approximate surface area is 154 Å². The highest BCUT2D eigenvalue weighted by molar-refractivity contribution is 6.10. The number of hydrogen-bond donors (Lipinski definition) is 2. The predicted molar refractivity (Wildman–Crippen MR) is 93.8 cm³/mol. The van der Waals surface area contributed by atoms with Crippen molar-refractivity contribution in [2.75, 3.05) is 11.9 Å². The van der Waals surface area contributed by atoms with Gasteiger partial charge in [0.25, 0.3) is 5.91 Å². The number of urea groups is 1. The SMILES string of the molecule is Cc1cccc(NC(=O)CN2C(=O)N[C@](C)(c3ccc(F)c(F)c3)C2=O)c1. The van der Waals surface area contributed by atoms with Crippen molar-refractivity contribution >= 4 is 23.5 Å². The minimum atomic E-state index is -1.59. The summed E-state index contributed by atoms with van der Waals surface area (Å²) in [4.78, 5) is 37.9. The molecule has 1 atom stereocenters. The average Bonchev–Trinajstić information content (AvgIpc) is 2.81. The Morgan fingerprint density at radius 2 is 1.89 bits per heavy atom. The zero-order valence-electron chi connectivity index (χ0n) is 14.7. The first kappa shape index (κ1) is 18.5. The average molecular weight is 373 g/mol. The summed E-state index contributed by atoms with van der Waals surface area (Å²) in [6.45, 7) is 2.73. The van der Waals surface area contributed by atoms with E-state index in [1.807, 2.05) is 13.0 Å². The number of hydrogen-bond acceptors (Lipinski definition) is 3. The zero-order valence-corrected chi connectivity index (χ0v) is 14.7. The molecule has 140 valence electrons. The van der Waals surface area contributed by atoms with Gasteiger partial charge in [-0.15, -0.1) is 0 Å². The minimum Gasteiger partial charge on any atom is -0.325 e. The molecule has 27 heavy (non-hydrogen) atoms. The van der Waals surface area contributed by atoms with Gasteiger partial charge in [0.05, 0.1) is 0 Å². The summed E-state index contributed by atoms with van der Waals surface area (Å²) in [7, 11) is 0. The van der Waals surface area contributed by atoms with Gasteiger partial charge >= 0.3 is 6.03 Å². The second-order valence-electron chi connectivity index (χ2n) is 6.49. The quantitative estimate of drug-likeness (QED) is 0.809. The molecule has 8 heteroatoms. The van der Waals surface area contributed by atoms with Crippen molar-refractivity contribution in [3.8, 4) is 0 Å². The number of benzene rings is 2. The van der Waals surface area contributed by atoms with E-state index in [0.717, 1.165) is 22.6 Å². The van der Waals surface area contributed by atoms with Crippen LogP contribution in [0.25, 0.3) is 0 Å². The first-order valence-corrected chi connectivity index (χ1v) is 8.17. The standard InChI is InChI=1S/C19H17F2N3O3/c1-11-4-3-5-13(8-11)22-16(25)10-24-17(26)19(2,23-18(24)27)12-6-7-14(20)15(21)9-12/h3-9H,10H2,1-2H3,(H,22,25)(H,23,27)/t19-/m1/s1. The molecule has 4 amide bonds.